The minimum absolute atomic E-state index is 0.124. The molecule has 2 aromatic rings. The first-order valence-electron chi connectivity index (χ1n) is 8.66. The maximum Gasteiger partial charge on any atom is 0.263 e. The Labute approximate surface area is 142 Å². The number of nitrogens with zero attached hydrogens (tertiary/aromatic N) is 2. The third-order valence-corrected chi connectivity index (χ3v) is 4.59. The molecule has 0 saturated carbocycles. The summed E-state index contributed by atoms with van der Waals surface area (Å²) in [6.07, 6.45) is 3.99. The van der Waals surface area contributed by atoms with Crippen molar-refractivity contribution in [3.63, 3.8) is 0 Å². The van der Waals surface area contributed by atoms with E-state index in [9.17, 15) is 4.79 Å². The van der Waals surface area contributed by atoms with Crippen LogP contribution in [0, 0.1) is 12.8 Å². The van der Waals surface area contributed by atoms with Gasteiger partial charge in [0.25, 0.3) is 5.89 Å². The lowest BCUT2D eigenvalue weighted by Gasteiger charge is -2.32. The summed E-state index contributed by atoms with van der Waals surface area (Å²) in [6.45, 7) is 7.67. The lowest BCUT2D eigenvalue weighted by atomic mass is 9.96. The number of carbonyl (C=O) groups excluding carboxylic acids is 1. The number of carbonyl (C=O) groups is 1. The Hall–Kier alpha value is -2.08. The monoisotopic (exact) mass is 331 g/mol. The van der Waals surface area contributed by atoms with Crippen LogP contribution in [0.5, 0.6) is 0 Å². The number of aromatic nitrogens is 1. The molecule has 2 aromatic heterocycles. The fraction of sp³-hybridized carbons (Fsp3) is 0.556. The van der Waals surface area contributed by atoms with E-state index in [0.29, 0.717) is 29.0 Å². The molecular formula is C18H25N3O3. The molecule has 3 heterocycles. The summed E-state index contributed by atoms with van der Waals surface area (Å²) < 4.78 is 10.9. The molecule has 3 rings (SSSR count). The third-order valence-electron chi connectivity index (χ3n) is 4.59. The summed E-state index contributed by atoms with van der Waals surface area (Å²) in [7, 11) is 0. The van der Waals surface area contributed by atoms with Crippen LogP contribution in [-0.4, -0.2) is 42.0 Å². The summed E-state index contributed by atoms with van der Waals surface area (Å²) >= 11 is 0. The molecule has 6 heteroatoms. The third kappa shape index (κ3) is 3.87. The summed E-state index contributed by atoms with van der Waals surface area (Å²) in [4.78, 5) is 18.9. The largest absolute Gasteiger partial charge is 0.459 e. The number of piperidine rings is 1. The number of aryl methyl sites for hydroxylation is 1. The number of oxazole rings is 1. The number of furan rings is 1. The van der Waals surface area contributed by atoms with E-state index < -0.39 is 0 Å². The molecule has 24 heavy (non-hydrogen) atoms. The van der Waals surface area contributed by atoms with Crippen LogP contribution in [0.2, 0.25) is 0 Å². The highest BCUT2D eigenvalue weighted by molar-refractivity contribution is 5.78. The van der Waals surface area contributed by atoms with Gasteiger partial charge in [0.15, 0.2) is 5.76 Å². The molecule has 0 radical (unpaired) electrons. The molecule has 1 fully saturated rings. The van der Waals surface area contributed by atoms with E-state index in [1.807, 2.05) is 11.8 Å². The molecule has 1 amide bonds. The van der Waals surface area contributed by atoms with Gasteiger partial charge in [-0.05, 0) is 50.9 Å². The van der Waals surface area contributed by atoms with Crippen LogP contribution < -0.4 is 5.32 Å². The van der Waals surface area contributed by atoms with E-state index in [2.05, 4.69) is 17.2 Å². The standard InChI is InChI=1S/C18H25N3O3/c1-3-19-12-14-6-8-21(9-7-14)17(22)11-15-13(2)24-18(20-15)16-5-4-10-23-16/h4-5,10,14,19H,3,6-9,11-12H2,1-2H3. The zero-order valence-corrected chi connectivity index (χ0v) is 14.4. The fourth-order valence-corrected chi connectivity index (χ4v) is 3.09. The molecule has 1 aliphatic heterocycles. The van der Waals surface area contributed by atoms with Crippen LogP contribution in [0.4, 0.5) is 0 Å². The van der Waals surface area contributed by atoms with Crippen LogP contribution in [0.25, 0.3) is 11.7 Å². The van der Waals surface area contributed by atoms with E-state index in [1.54, 1.807) is 18.4 Å². The van der Waals surface area contributed by atoms with Gasteiger partial charge in [-0.25, -0.2) is 4.98 Å². The van der Waals surface area contributed by atoms with Gasteiger partial charge < -0.3 is 19.1 Å². The highest BCUT2D eigenvalue weighted by atomic mass is 16.4. The van der Waals surface area contributed by atoms with Crippen molar-refractivity contribution in [1.82, 2.24) is 15.2 Å². The molecule has 1 saturated heterocycles. The molecule has 130 valence electrons. The maximum atomic E-state index is 12.5. The van der Waals surface area contributed by atoms with E-state index in [0.717, 1.165) is 39.0 Å². The molecule has 1 aliphatic rings. The van der Waals surface area contributed by atoms with Gasteiger partial charge >= 0.3 is 0 Å². The molecule has 0 aromatic carbocycles. The van der Waals surface area contributed by atoms with Gasteiger partial charge in [-0.15, -0.1) is 0 Å². The van der Waals surface area contributed by atoms with Gasteiger partial charge in [0, 0.05) is 13.1 Å². The summed E-state index contributed by atoms with van der Waals surface area (Å²) in [5.41, 5.74) is 0.696. The quantitative estimate of drug-likeness (QED) is 0.881. The second kappa shape index (κ2) is 7.66. The van der Waals surface area contributed by atoms with Crippen LogP contribution in [-0.2, 0) is 11.2 Å². The molecular weight excluding hydrogens is 306 g/mol. The lowest BCUT2D eigenvalue weighted by molar-refractivity contribution is -0.131. The van der Waals surface area contributed by atoms with Crippen LogP contribution in [0.15, 0.2) is 27.2 Å². The van der Waals surface area contributed by atoms with Crippen molar-refractivity contribution in [3.05, 3.63) is 29.9 Å². The van der Waals surface area contributed by atoms with E-state index in [4.69, 9.17) is 8.83 Å². The van der Waals surface area contributed by atoms with Gasteiger partial charge in [0.05, 0.1) is 18.4 Å². The Morgan fingerprint density at radius 3 is 2.88 bits per heavy atom. The predicted molar refractivity (Wildman–Crippen MR) is 90.5 cm³/mol. The first kappa shape index (κ1) is 16.8. The van der Waals surface area contributed by atoms with Crippen LogP contribution in [0.3, 0.4) is 0 Å². The molecule has 6 nitrogen and oxygen atoms in total. The molecule has 0 atom stereocenters. The van der Waals surface area contributed by atoms with E-state index in [1.165, 1.54) is 0 Å². The van der Waals surface area contributed by atoms with Crippen molar-refractivity contribution >= 4 is 5.91 Å². The molecule has 0 unspecified atom stereocenters. The first-order chi connectivity index (χ1) is 11.7. The molecule has 0 bridgehead atoms. The Balaban J connectivity index is 1.56. The Morgan fingerprint density at radius 2 is 2.21 bits per heavy atom. The van der Waals surface area contributed by atoms with Crippen LogP contribution in [0.1, 0.15) is 31.2 Å². The second-order valence-electron chi connectivity index (χ2n) is 6.31. The van der Waals surface area contributed by atoms with Crippen molar-refractivity contribution in [3.8, 4) is 11.7 Å². The van der Waals surface area contributed by atoms with Crippen molar-refractivity contribution in [2.24, 2.45) is 5.92 Å². The lowest BCUT2D eigenvalue weighted by Crippen LogP contribution is -2.41. The zero-order chi connectivity index (χ0) is 16.9. The average molecular weight is 331 g/mol. The van der Waals surface area contributed by atoms with E-state index in [-0.39, 0.29) is 12.3 Å². The minimum atomic E-state index is 0.124. The van der Waals surface area contributed by atoms with Crippen LogP contribution >= 0.6 is 0 Å². The zero-order valence-electron chi connectivity index (χ0n) is 14.4. The number of amides is 1. The number of hydrogen-bond donors (Lipinski definition) is 1. The van der Waals surface area contributed by atoms with Crippen molar-refractivity contribution in [2.45, 2.75) is 33.1 Å². The van der Waals surface area contributed by atoms with Crippen molar-refractivity contribution < 1.29 is 13.6 Å². The smallest absolute Gasteiger partial charge is 0.263 e. The Bertz CT molecular complexity index is 655. The second-order valence-corrected chi connectivity index (χ2v) is 6.31. The SMILES string of the molecule is CCNCC1CCN(C(=O)Cc2nc(-c3ccco3)oc2C)CC1. The van der Waals surface area contributed by atoms with Gasteiger partial charge in [0.1, 0.15) is 5.76 Å². The van der Waals surface area contributed by atoms with Gasteiger partial charge in [-0.1, -0.05) is 6.92 Å². The van der Waals surface area contributed by atoms with E-state index >= 15 is 0 Å². The molecule has 0 spiro atoms. The number of hydrogen-bond acceptors (Lipinski definition) is 5. The summed E-state index contributed by atoms with van der Waals surface area (Å²) in [5, 5.41) is 3.39. The average Bonchev–Trinajstić information content (AvgIpc) is 3.24. The maximum absolute atomic E-state index is 12.5. The Morgan fingerprint density at radius 1 is 1.42 bits per heavy atom. The highest BCUT2D eigenvalue weighted by Crippen LogP contribution is 2.23. The van der Waals surface area contributed by atoms with Crippen molar-refractivity contribution in [1.29, 1.82) is 0 Å². The first-order valence-corrected chi connectivity index (χ1v) is 8.66. The van der Waals surface area contributed by atoms with Gasteiger partial charge in [-0.3, -0.25) is 4.79 Å². The van der Waals surface area contributed by atoms with Crippen molar-refractivity contribution in [2.75, 3.05) is 26.2 Å². The fourth-order valence-electron chi connectivity index (χ4n) is 3.09. The number of likely N-dealkylation sites (tertiary alicyclic amines) is 1. The molecule has 1 N–H and O–H groups in total. The topological polar surface area (TPSA) is 71.5 Å². The Kier molecular flexibility index (Phi) is 5.35. The summed E-state index contributed by atoms with van der Waals surface area (Å²) in [6, 6.07) is 3.59. The molecule has 0 aliphatic carbocycles. The van der Waals surface area contributed by atoms with Gasteiger partial charge in [-0.2, -0.15) is 0 Å². The normalized spacial score (nSPS) is 15.8. The predicted octanol–water partition coefficient (Wildman–Crippen LogP) is 2.63. The summed E-state index contributed by atoms with van der Waals surface area (Å²) in [5.74, 6) is 2.50. The number of rotatable bonds is 6. The minimum Gasteiger partial charge on any atom is -0.459 e. The highest BCUT2D eigenvalue weighted by Gasteiger charge is 2.24. The number of nitrogens with one attached hydrogen (secondary N) is 1. The van der Waals surface area contributed by atoms with Gasteiger partial charge in [0.2, 0.25) is 5.91 Å².